The lowest BCUT2D eigenvalue weighted by Gasteiger charge is -2.26. The SMILES string of the molecule is CCOC(=O)C(Cc1ccc(OCCc2nc(-c3ccccc3)oc2C)cc1)N(C)Cc1ccc(F)cc1. The lowest BCUT2D eigenvalue weighted by atomic mass is 10.0. The van der Waals surface area contributed by atoms with Gasteiger partial charge in [-0.05, 0) is 74.8 Å². The van der Waals surface area contributed by atoms with E-state index in [1.54, 1.807) is 19.1 Å². The molecule has 1 atom stereocenters. The average Bonchev–Trinajstić information content (AvgIpc) is 3.30. The molecule has 198 valence electrons. The van der Waals surface area contributed by atoms with Gasteiger partial charge >= 0.3 is 5.97 Å². The van der Waals surface area contributed by atoms with Gasteiger partial charge in [-0.2, -0.15) is 0 Å². The van der Waals surface area contributed by atoms with Crippen LogP contribution in [0.15, 0.2) is 83.3 Å². The van der Waals surface area contributed by atoms with E-state index in [1.807, 2.05) is 73.5 Å². The summed E-state index contributed by atoms with van der Waals surface area (Å²) >= 11 is 0. The maximum absolute atomic E-state index is 13.3. The predicted molar refractivity (Wildman–Crippen MR) is 144 cm³/mol. The first-order valence-electron chi connectivity index (χ1n) is 12.8. The third kappa shape index (κ3) is 7.29. The number of nitrogens with zero attached hydrogens (tertiary/aromatic N) is 2. The van der Waals surface area contributed by atoms with Gasteiger partial charge in [0.05, 0.1) is 18.9 Å². The quantitative estimate of drug-likeness (QED) is 0.215. The van der Waals surface area contributed by atoms with Crippen LogP contribution in [-0.4, -0.2) is 42.2 Å². The lowest BCUT2D eigenvalue weighted by Crippen LogP contribution is -2.41. The summed E-state index contributed by atoms with van der Waals surface area (Å²) in [7, 11) is 1.87. The van der Waals surface area contributed by atoms with Crippen LogP contribution >= 0.6 is 0 Å². The second-order valence-corrected chi connectivity index (χ2v) is 9.14. The standard InChI is InChI=1S/C31H33FN2O4/c1-4-36-31(35)29(34(3)21-24-10-14-26(32)15-11-24)20-23-12-16-27(17-13-23)37-19-18-28-22(2)38-30(33-28)25-8-6-5-7-9-25/h5-17,29H,4,18-21H2,1-3H3. The van der Waals surface area contributed by atoms with Crippen molar-refractivity contribution in [1.29, 1.82) is 0 Å². The van der Waals surface area contributed by atoms with Crippen LogP contribution < -0.4 is 4.74 Å². The molecule has 0 saturated carbocycles. The second-order valence-electron chi connectivity index (χ2n) is 9.14. The number of oxazole rings is 1. The summed E-state index contributed by atoms with van der Waals surface area (Å²) in [6.45, 7) is 4.98. The molecule has 1 unspecified atom stereocenters. The zero-order valence-electron chi connectivity index (χ0n) is 22.0. The summed E-state index contributed by atoms with van der Waals surface area (Å²) in [5, 5.41) is 0. The summed E-state index contributed by atoms with van der Waals surface area (Å²) in [5.41, 5.74) is 3.73. The topological polar surface area (TPSA) is 64.8 Å². The number of ether oxygens (including phenoxy) is 2. The molecule has 0 N–H and O–H groups in total. The molecule has 0 spiro atoms. The molecule has 38 heavy (non-hydrogen) atoms. The van der Waals surface area contributed by atoms with E-state index >= 15 is 0 Å². The summed E-state index contributed by atoms with van der Waals surface area (Å²) in [6.07, 6.45) is 1.11. The van der Waals surface area contributed by atoms with E-state index in [0.717, 1.165) is 33.9 Å². The fourth-order valence-corrected chi connectivity index (χ4v) is 4.22. The molecule has 1 heterocycles. The van der Waals surface area contributed by atoms with Gasteiger partial charge in [0.2, 0.25) is 5.89 Å². The Morgan fingerprint density at radius 1 is 1.00 bits per heavy atom. The van der Waals surface area contributed by atoms with Crippen molar-refractivity contribution >= 4 is 5.97 Å². The summed E-state index contributed by atoms with van der Waals surface area (Å²) in [4.78, 5) is 19.3. The van der Waals surface area contributed by atoms with Crippen molar-refractivity contribution in [3.63, 3.8) is 0 Å². The van der Waals surface area contributed by atoms with Gasteiger partial charge in [0.15, 0.2) is 0 Å². The van der Waals surface area contributed by atoms with Gasteiger partial charge in [-0.25, -0.2) is 9.37 Å². The van der Waals surface area contributed by atoms with Crippen LogP contribution in [-0.2, 0) is 28.9 Å². The number of aromatic nitrogens is 1. The summed E-state index contributed by atoms with van der Waals surface area (Å²) < 4.78 is 30.4. The Kier molecular flexibility index (Phi) is 9.27. The number of likely N-dealkylation sites (N-methyl/N-ethyl adjacent to an activating group) is 1. The van der Waals surface area contributed by atoms with Crippen LogP contribution in [0.25, 0.3) is 11.5 Å². The number of rotatable bonds is 12. The Bertz CT molecular complexity index is 1300. The van der Waals surface area contributed by atoms with E-state index in [2.05, 4.69) is 4.98 Å². The molecule has 0 saturated heterocycles. The van der Waals surface area contributed by atoms with Crippen LogP contribution in [0.2, 0.25) is 0 Å². The molecule has 3 aromatic carbocycles. The van der Waals surface area contributed by atoms with Gasteiger partial charge in [-0.15, -0.1) is 0 Å². The Hall–Kier alpha value is -3.97. The fourth-order valence-electron chi connectivity index (χ4n) is 4.22. The maximum atomic E-state index is 13.3. The monoisotopic (exact) mass is 516 g/mol. The third-order valence-electron chi connectivity index (χ3n) is 6.31. The molecule has 6 nitrogen and oxygen atoms in total. The van der Waals surface area contributed by atoms with Gasteiger partial charge in [0.25, 0.3) is 0 Å². The Morgan fingerprint density at radius 3 is 2.37 bits per heavy atom. The van der Waals surface area contributed by atoms with E-state index in [-0.39, 0.29) is 11.8 Å². The Balaban J connectivity index is 1.34. The van der Waals surface area contributed by atoms with Crippen molar-refractivity contribution in [3.05, 3.63) is 107 Å². The van der Waals surface area contributed by atoms with Crippen molar-refractivity contribution in [1.82, 2.24) is 9.88 Å². The van der Waals surface area contributed by atoms with Crippen LogP contribution in [0, 0.1) is 12.7 Å². The number of hydrogen-bond donors (Lipinski definition) is 0. The smallest absolute Gasteiger partial charge is 0.323 e. The number of benzene rings is 3. The first-order valence-corrected chi connectivity index (χ1v) is 12.8. The van der Waals surface area contributed by atoms with E-state index in [4.69, 9.17) is 13.9 Å². The van der Waals surface area contributed by atoms with Gasteiger partial charge in [-0.1, -0.05) is 42.5 Å². The normalized spacial score (nSPS) is 11.9. The molecule has 0 aliphatic heterocycles. The number of aryl methyl sites for hydroxylation is 1. The fraction of sp³-hybridized carbons (Fsp3) is 0.290. The minimum Gasteiger partial charge on any atom is -0.493 e. The van der Waals surface area contributed by atoms with Crippen LogP contribution in [0.4, 0.5) is 4.39 Å². The van der Waals surface area contributed by atoms with Gasteiger partial charge in [0, 0.05) is 18.5 Å². The van der Waals surface area contributed by atoms with Crippen LogP contribution in [0.5, 0.6) is 5.75 Å². The Morgan fingerprint density at radius 2 is 1.68 bits per heavy atom. The minimum atomic E-state index is -0.472. The number of halogens is 1. The highest BCUT2D eigenvalue weighted by Gasteiger charge is 2.25. The lowest BCUT2D eigenvalue weighted by molar-refractivity contribution is -0.149. The van der Waals surface area contributed by atoms with E-state index in [0.29, 0.717) is 38.5 Å². The van der Waals surface area contributed by atoms with Crippen LogP contribution in [0.3, 0.4) is 0 Å². The van der Waals surface area contributed by atoms with Crippen molar-refractivity contribution in [2.75, 3.05) is 20.3 Å². The first kappa shape index (κ1) is 27.1. The molecule has 0 amide bonds. The average molecular weight is 517 g/mol. The van der Waals surface area contributed by atoms with Crippen molar-refractivity contribution in [3.8, 4) is 17.2 Å². The molecule has 4 aromatic rings. The Labute approximate surface area is 223 Å². The van der Waals surface area contributed by atoms with Gasteiger partial charge in [0.1, 0.15) is 23.4 Å². The highest BCUT2D eigenvalue weighted by molar-refractivity contribution is 5.76. The third-order valence-corrected chi connectivity index (χ3v) is 6.31. The number of hydrogen-bond acceptors (Lipinski definition) is 6. The maximum Gasteiger partial charge on any atom is 0.323 e. The molecule has 0 aliphatic carbocycles. The molecule has 0 aliphatic rings. The molecule has 1 aromatic heterocycles. The molecule has 0 bridgehead atoms. The first-order chi connectivity index (χ1) is 18.4. The predicted octanol–water partition coefficient (Wildman–Crippen LogP) is 6.02. The van der Waals surface area contributed by atoms with Crippen molar-refractivity contribution in [2.45, 2.75) is 39.3 Å². The van der Waals surface area contributed by atoms with Crippen molar-refractivity contribution < 1.29 is 23.1 Å². The van der Waals surface area contributed by atoms with E-state index < -0.39 is 6.04 Å². The highest BCUT2D eigenvalue weighted by Crippen LogP contribution is 2.22. The van der Waals surface area contributed by atoms with E-state index in [9.17, 15) is 9.18 Å². The zero-order valence-corrected chi connectivity index (χ0v) is 22.0. The van der Waals surface area contributed by atoms with Gasteiger partial charge < -0.3 is 13.9 Å². The summed E-state index contributed by atoms with van der Waals surface area (Å²) in [6, 6.07) is 23.4. The largest absolute Gasteiger partial charge is 0.493 e. The molecule has 0 fully saturated rings. The molecule has 0 radical (unpaired) electrons. The molecular formula is C31H33FN2O4. The van der Waals surface area contributed by atoms with Crippen LogP contribution in [0.1, 0.15) is 29.5 Å². The minimum absolute atomic E-state index is 0.282. The summed E-state index contributed by atoms with van der Waals surface area (Å²) in [5.74, 6) is 1.58. The highest BCUT2D eigenvalue weighted by atomic mass is 19.1. The second kappa shape index (κ2) is 13.0. The molecule has 4 rings (SSSR count). The molecule has 7 heteroatoms. The number of esters is 1. The number of carbonyl (C=O) groups excluding carboxylic acids is 1. The van der Waals surface area contributed by atoms with Gasteiger partial charge in [-0.3, -0.25) is 9.69 Å². The number of carbonyl (C=O) groups is 1. The van der Waals surface area contributed by atoms with E-state index in [1.165, 1.54) is 12.1 Å². The zero-order chi connectivity index (χ0) is 26.9. The molecular weight excluding hydrogens is 483 g/mol. The van der Waals surface area contributed by atoms with Crippen molar-refractivity contribution in [2.24, 2.45) is 0 Å².